The van der Waals surface area contributed by atoms with Gasteiger partial charge in [-0.2, -0.15) is 0 Å². The van der Waals surface area contributed by atoms with Crippen LogP contribution in [-0.2, 0) is 11.3 Å². The summed E-state index contributed by atoms with van der Waals surface area (Å²) in [6.45, 7) is 1.95. The van der Waals surface area contributed by atoms with Crippen LogP contribution in [0.1, 0.15) is 22.2 Å². The second-order valence-electron chi connectivity index (χ2n) is 4.02. The van der Waals surface area contributed by atoms with Gasteiger partial charge >= 0.3 is 0 Å². The van der Waals surface area contributed by atoms with Gasteiger partial charge in [-0.3, -0.25) is 9.59 Å². The normalized spacial score (nSPS) is 9.95. The molecule has 0 atom stereocenters. The average molecular weight is 274 g/mol. The Morgan fingerprint density at radius 3 is 2.74 bits per heavy atom. The monoisotopic (exact) mass is 274 g/mol. The van der Waals surface area contributed by atoms with Crippen molar-refractivity contribution in [2.24, 2.45) is 0 Å². The van der Waals surface area contributed by atoms with Crippen LogP contribution >= 0.6 is 11.3 Å². The van der Waals surface area contributed by atoms with E-state index in [2.05, 4.69) is 10.6 Å². The van der Waals surface area contributed by atoms with Gasteiger partial charge in [0.1, 0.15) is 0 Å². The lowest BCUT2D eigenvalue weighted by Crippen LogP contribution is -2.22. The third-order valence-corrected chi connectivity index (χ3v) is 3.32. The fourth-order valence-electron chi connectivity index (χ4n) is 1.62. The minimum atomic E-state index is -0.156. The molecular formula is C14H14N2O2S. The quantitative estimate of drug-likeness (QED) is 0.900. The van der Waals surface area contributed by atoms with Gasteiger partial charge < -0.3 is 10.6 Å². The molecule has 0 bridgehead atoms. The molecule has 2 N–H and O–H groups in total. The Hall–Kier alpha value is -2.14. The predicted octanol–water partition coefficient (Wildman–Crippen LogP) is 2.64. The van der Waals surface area contributed by atoms with Crippen LogP contribution < -0.4 is 10.6 Å². The van der Waals surface area contributed by atoms with Gasteiger partial charge in [0.25, 0.3) is 5.91 Å². The Labute approximate surface area is 115 Å². The molecule has 0 saturated heterocycles. The van der Waals surface area contributed by atoms with Gasteiger partial charge in [0.2, 0.25) is 5.91 Å². The molecule has 0 aliphatic rings. The van der Waals surface area contributed by atoms with Crippen LogP contribution in [0, 0.1) is 0 Å². The molecule has 19 heavy (non-hydrogen) atoms. The lowest BCUT2D eigenvalue weighted by Gasteiger charge is -2.06. The first kappa shape index (κ1) is 13.3. The smallest absolute Gasteiger partial charge is 0.251 e. The van der Waals surface area contributed by atoms with Gasteiger partial charge in [0.05, 0.1) is 6.54 Å². The largest absolute Gasteiger partial charge is 0.347 e. The standard InChI is InChI=1S/C14H14N2O2S/c1-10(17)16-12-5-2-4-11(8-12)14(18)15-9-13-6-3-7-19-13/h2-8H,9H2,1H3,(H,15,18)(H,16,17). The number of amides is 2. The van der Waals surface area contributed by atoms with Gasteiger partial charge in [0, 0.05) is 23.1 Å². The van der Waals surface area contributed by atoms with E-state index in [9.17, 15) is 9.59 Å². The summed E-state index contributed by atoms with van der Waals surface area (Å²) >= 11 is 1.60. The van der Waals surface area contributed by atoms with Crippen molar-refractivity contribution >= 4 is 28.8 Å². The molecule has 0 saturated carbocycles. The Morgan fingerprint density at radius 1 is 1.21 bits per heavy atom. The summed E-state index contributed by atoms with van der Waals surface area (Å²) in [7, 11) is 0. The van der Waals surface area contributed by atoms with Crippen molar-refractivity contribution < 1.29 is 9.59 Å². The number of anilines is 1. The lowest BCUT2D eigenvalue weighted by molar-refractivity contribution is -0.114. The molecule has 0 unspecified atom stereocenters. The highest BCUT2D eigenvalue weighted by Crippen LogP contribution is 2.12. The van der Waals surface area contributed by atoms with Gasteiger partial charge in [-0.1, -0.05) is 12.1 Å². The van der Waals surface area contributed by atoms with Gasteiger partial charge in [-0.25, -0.2) is 0 Å². The third-order valence-electron chi connectivity index (χ3n) is 2.45. The molecule has 0 aliphatic carbocycles. The zero-order valence-corrected chi connectivity index (χ0v) is 11.3. The minimum absolute atomic E-state index is 0.152. The number of thiophene rings is 1. The van der Waals surface area contributed by atoms with Gasteiger partial charge in [-0.05, 0) is 29.6 Å². The van der Waals surface area contributed by atoms with Crippen LogP contribution in [0.25, 0.3) is 0 Å². The molecule has 0 aliphatic heterocycles. The molecule has 0 radical (unpaired) electrons. The van der Waals surface area contributed by atoms with E-state index in [1.54, 1.807) is 35.6 Å². The highest BCUT2D eigenvalue weighted by molar-refractivity contribution is 7.09. The zero-order valence-electron chi connectivity index (χ0n) is 10.5. The molecule has 4 nitrogen and oxygen atoms in total. The number of carbonyl (C=O) groups excluding carboxylic acids is 2. The molecule has 1 aromatic heterocycles. The van der Waals surface area contributed by atoms with Crippen molar-refractivity contribution in [2.75, 3.05) is 5.32 Å². The molecular weight excluding hydrogens is 260 g/mol. The molecule has 0 fully saturated rings. The van der Waals surface area contributed by atoms with E-state index in [1.165, 1.54) is 6.92 Å². The Kier molecular flexibility index (Phi) is 4.30. The van der Waals surface area contributed by atoms with E-state index in [4.69, 9.17) is 0 Å². The second-order valence-corrected chi connectivity index (χ2v) is 5.06. The van der Waals surface area contributed by atoms with Crippen LogP contribution in [0.15, 0.2) is 41.8 Å². The maximum atomic E-state index is 12.0. The number of nitrogens with one attached hydrogen (secondary N) is 2. The van der Waals surface area contributed by atoms with E-state index in [1.807, 2.05) is 17.5 Å². The first-order valence-corrected chi connectivity index (χ1v) is 6.71. The molecule has 2 amide bonds. The molecule has 1 aromatic carbocycles. The van der Waals surface area contributed by atoms with E-state index < -0.39 is 0 Å². The van der Waals surface area contributed by atoms with Crippen molar-refractivity contribution in [1.82, 2.24) is 5.32 Å². The predicted molar refractivity (Wildman–Crippen MR) is 76.2 cm³/mol. The SMILES string of the molecule is CC(=O)Nc1cccc(C(=O)NCc2cccs2)c1. The second kappa shape index (κ2) is 6.15. The summed E-state index contributed by atoms with van der Waals surface area (Å²) in [6, 6.07) is 10.8. The average Bonchev–Trinajstić information content (AvgIpc) is 2.88. The number of benzene rings is 1. The zero-order chi connectivity index (χ0) is 13.7. The Morgan fingerprint density at radius 2 is 2.05 bits per heavy atom. The summed E-state index contributed by atoms with van der Waals surface area (Å²) in [5, 5.41) is 7.46. The minimum Gasteiger partial charge on any atom is -0.347 e. The van der Waals surface area contributed by atoms with Crippen LogP contribution in [0.3, 0.4) is 0 Å². The fraction of sp³-hybridized carbons (Fsp3) is 0.143. The van der Waals surface area contributed by atoms with Crippen LogP contribution in [0.4, 0.5) is 5.69 Å². The number of carbonyl (C=O) groups is 2. The molecule has 1 heterocycles. The highest BCUT2D eigenvalue weighted by atomic mass is 32.1. The van der Waals surface area contributed by atoms with E-state index >= 15 is 0 Å². The van der Waals surface area contributed by atoms with Crippen LogP contribution in [-0.4, -0.2) is 11.8 Å². The molecule has 98 valence electrons. The first-order chi connectivity index (χ1) is 9.15. The van der Waals surface area contributed by atoms with Crippen molar-refractivity contribution in [3.8, 4) is 0 Å². The van der Waals surface area contributed by atoms with Crippen LogP contribution in [0.5, 0.6) is 0 Å². The topological polar surface area (TPSA) is 58.2 Å². The number of hydrogen-bond donors (Lipinski definition) is 2. The van der Waals surface area contributed by atoms with E-state index in [0.29, 0.717) is 17.8 Å². The summed E-state index contributed by atoms with van der Waals surface area (Å²) < 4.78 is 0. The molecule has 2 rings (SSSR count). The van der Waals surface area contributed by atoms with Crippen molar-refractivity contribution in [3.05, 3.63) is 52.2 Å². The van der Waals surface area contributed by atoms with Crippen molar-refractivity contribution in [2.45, 2.75) is 13.5 Å². The first-order valence-electron chi connectivity index (χ1n) is 5.83. The fourth-order valence-corrected chi connectivity index (χ4v) is 2.27. The highest BCUT2D eigenvalue weighted by Gasteiger charge is 2.06. The summed E-state index contributed by atoms with van der Waals surface area (Å²) in [6.07, 6.45) is 0. The van der Waals surface area contributed by atoms with Crippen molar-refractivity contribution in [3.63, 3.8) is 0 Å². The van der Waals surface area contributed by atoms with Gasteiger partial charge in [-0.15, -0.1) is 11.3 Å². The molecule has 2 aromatic rings. The number of rotatable bonds is 4. The maximum Gasteiger partial charge on any atom is 0.251 e. The van der Waals surface area contributed by atoms with Crippen molar-refractivity contribution in [1.29, 1.82) is 0 Å². The van der Waals surface area contributed by atoms with Gasteiger partial charge in [0.15, 0.2) is 0 Å². The summed E-state index contributed by atoms with van der Waals surface area (Å²) in [5.74, 6) is -0.309. The van der Waals surface area contributed by atoms with E-state index in [0.717, 1.165) is 4.88 Å². The summed E-state index contributed by atoms with van der Waals surface area (Å²) in [5.41, 5.74) is 1.15. The van der Waals surface area contributed by atoms with Crippen LogP contribution in [0.2, 0.25) is 0 Å². The lowest BCUT2D eigenvalue weighted by atomic mass is 10.2. The summed E-state index contributed by atoms with van der Waals surface area (Å²) in [4.78, 5) is 24.0. The Balaban J connectivity index is 2.00. The van der Waals surface area contributed by atoms with E-state index in [-0.39, 0.29) is 11.8 Å². The third kappa shape index (κ3) is 3.93. The molecule has 5 heteroatoms. The number of hydrogen-bond acceptors (Lipinski definition) is 3. The molecule has 0 spiro atoms. The maximum absolute atomic E-state index is 12.0. The Bertz CT molecular complexity index is 579.